The fourth-order valence-corrected chi connectivity index (χ4v) is 13.9. The van der Waals surface area contributed by atoms with Gasteiger partial charge in [-0.05, 0) is 97.5 Å². The second-order valence-electron chi connectivity index (χ2n) is 25.3. The first-order valence-electron chi connectivity index (χ1n) is 33.8. The lowest BCUT2D eigenvalue weighted by molar-refractivity contribution is -0.139. The van der Waals surface area contributed by atoms with Crippen LogP contribution < -0.4 is 81.8 Å². The molecule has 0 radical (unpaired) electrons. The highest BCUT2D eigenvalue weighted by molar-refractivity contribution is 8.76. The van der Waals surface area contributed by atoms with Gasteiger partial charge in [-0.3, -0.25) is 72.1 Å². The number of phenols is 1. The maximum absolute atomic E-state index is 15.0. The Morgan fingerprint density at radius 2 is 1.33 bits per heavy atom. The SMILES string of the molecule is CC(C)[C@@H]1NC(=O)[C@@H](NC(=O)[C@H](Cc2ccc(O)cc2)NC(=O)[C@@H]2CCCN2C(=O)CCN)CSSC[C@@H](C(N)=O)NC(=O)[C@H](CCC(=O)O)NC(=O)[C@H](Cc2c[nH]c3ccc(F)cc23)NC(=O)[C@@H](CCC(N)=O)NC(=O)CCNC(=O)[C@H](CCCN=C(N)N)NC(=O)[C@H](Cc2ccccc2Cl)NC1=O. The maximum Gasteiger partial charge on any atom is 0.303 e. The first kappa shape index (κ1) is 83.7. The molecule has 2 fully saturated rings. The number of aromatic nitrogens is 1. The number of carbonyl (C=O) groups is 14. The van der Waals surface area contributed by atoms with E-state index in [1.807, 2.05) is 0 Å². The molecular weight excluding hydrogens is 1430 g/mol. The molecule has 38 heteroatoms. The minimum atomic E-state index is -1.81. The summed E-state index contributed by atoms with van der Waals surface area (Å²) in [6.45, 7) is 2.85. The summed E-state index contributed by atoms with van der Waals surface area (Å²) in [4.78, 5) is 204. The maximum atomic E-state index is 15.0. The number of phenolic OH excluding ortho intramolecular Hbond substituents is 1. The van der Waals surface area contributed by atoms with Gasteiger partial charge in [0.15, 0.2) is 5.96 Å². The Bertz CT molecular complexity index is 3830. The van der Waals surface area contributed by atoms with Crippen molar-refractivity contribution in [2.24, 2.45) is 39.6 Å². The number of amides is 13. The Labute approximate surface area is 615 Å². The molecule has 0 bridgehead atoms. The molecule has 570 valence electrons. The molecule has 1 aromatic heterocycles. The van der Waals surface area contributed by atoms with Crippen molar-refractivity contribution in [2.45, 2.75) is 158 Å². The number of aromatic hydroxyl groups is 1. The number of hydrogen-bond donors (Lipinski definition) is 18. The molecule has 2 aliphatic rings. The van der Waals surface area contributed by atoms with E-state index in [4.69, 9.17) is 40.3 Å². The molecule has 6 rings (SSSR count). The highest BCUT2D eigenvalue weighted by Gasteiger charge is 2.39. The van der Waals surface area contributed by atoms with Crippen molar-refractivity contribution in [2.75, 3.05) is 37.7 Å². The number of guanidine groups is 1. The van der Waals surface area contributed by atoms with E-state index in [2.05, 4.69) is 63.1 Å². The smallest absolute Gasteiger partial charge is 0.303 e. The van der Waals surface area contributed by atoms with Crippen LogP contribution in [0.4, 0.5) is 4.39 Å². The summed E-state index contributed by atoms with van der Waals surface area (Å²) >= 11 is 6.63. The second kappa shape index (κ2) is 41.3. The fraction of sp³-hybridized carbons (Fsp3) is 0.478. The monoisotopic (exact) mass is 1520 g/mol. The van der Waals surface area contributed by atoms with Gasteiger partial charge in [0.05, 0.1) is 0 Å². The summed E-state index contributed by atoms with van der Waals surface area (Å²) in [5.41, 5.74) is 29.6. The van der Waals surface area contributed by atoms with Crippen LogP contribution in [0.3, 0.4) is 0 Å². The number of benzene rings is 3. The molecule has 3 aromatic carbocycles. The second-order valence-corrected chi connectivity index (χ2v) is 28.3. The van der Waals surface area contributed by atoms with Crippen LogP contribution in [0.1, 0.15) is 94.7 Å². The first-order valence-corrected chi connectivity index (χ1v) is 36.6. The van der Waals surface area contributed by atoms with Gasteiger partial charge in [0.1, 0.15) is 72.0 Å². The number of nitrogens with two attached hydrogens (primary N) is 5. The number of aliphatic imine (C=N–C) groups is 1. The van der Waals surface area contributed by atoms with Crippen LogP contribution in [0.25, 0.3) is 10.9 Å². The van der Waals surface area contributed by atoms with Gasteiger partial charge in [-0.2, -0.15) is 0 Å². The minimum absolute atomic E-state index is 0.00178. The average molecular weight is 1520 g/mol. The van der Waals surface area contributed by atoms with E-state index in [0.29, 0.717) is 23.1 Å². The first-order chi connectivity index (χ1) is 49.9. The summed E-state index contributed by atoms with van der Waals surface area (Å²) in [5, 5.41) is 46.2. The van der Waals surface area contributed by atoms with Crippen LogP contribution in [0.2, 0.25) is 5.02 Å². The third-order valence-corrected chi connectivity index (χ3v) is 19.8. The number of nitrogens with one attached hydrogen (secondary N) is 11. The lowest BCUT2D eigenvalue weighted by Gasteiger charge is -2.29. The van der Waals surface area contributed by atoms with Gasteiger partial charge in [0.25, 0.3) is 0 Å². The summed E-state index contributed by atoms with van der Waals surface area (Å²) in [7, 11) is 1.65. The predicted molar refractivity (Wildman–Crippen MR) is 386 cm³/mol. The van der Waals surface area contributed by atoms with Crippen LogP contribution in [0, 0.1) is 11.7 Å². The molecule has 23 N–H and O–H groups in total. The number of hydrogen-bond acceptors (Lipinski definition) is 19. The zero-order valence-corrected chi connectivity index (χ0v) is 60.1. The van der Waals surface area contributed by atoms with Crippen molar-refractivity contribution < 1.29 is 81.7 Å². The largest absolute Gasteiger partial charge is 0.508 e. The van der Waals surface area contributed by atoms with Crippen LogP contribution in [-0.2, 0) is 86.4 Å². The molecule has 0 saturated carbocycles. The van der Waals surface area contributed by atoms with Crippen molar-refractivity contribution >= 4 is 133 Å². The van der Waals surface area contributed by atoms with Crippen LogP contribution in [0.5, 0.6) is 5.75 Å². The minimum Gasteiger partial charge on any atom is -0.508 e. The van der Waals surface area contributed by atoms with Gasteiger partial charge in [0.2, 0.25) is 76.8 Å². The number of rotatable bonds is 24. The highest BCUT2D eigenvalue weighted by Crippen LogP contribution is 2.26. The number of likely N-dealkylation sites (tertiary alicyclic amines) is 1. The van der Waals surface area contributed by atoms with Crippen LogP contribution in [0.15, 0.2) is 77.9 Å². The summed E-state index contributed by atoms with van der Waals surface area (Å²) in [6.07, 6.45) is -2.00. The standard InChI is InChI=1S/C67H90ClFN18O16S2/c1-34(2)56-66(103)83-47(28-36-7-3-4-8-41(36)68)62(99)79-43(9-5-24-76-67(73)74)58(95)75-25-22-53(90)78-44(17-19-52(71)89)59(96)81-48(29-37-31-77-42-16-13-38(69)30-40(37)42)63(100)80-45(18-20-55(92)93)60(97)84-49(57(72)94)32-104-105-33-50(64(101)86-56)85-61(98)46(27-35-11-14-39(88)15-12-35)82-65(102)51-10-6-26-87(51)54(91)21-23-70/h3-4,7-8,11-16,30-31,34,43-51,56,77,88H,5-6,9-10,17-29,32-33,70H2,1-2H3,(H2,71,89)(H2,72,94)(H,75,95)(H,78,90)(H,79,99)(H,80,100)(H,81,96)(H,82,102)(H,83,103)(H,84,97)(H,85,98)(H,86,101)(H,92,93)(H4,73,74,76)/t43-,44+,45-,46-,47-,48-,49-,50-,51-,56-/m0/s1. The van der Waals surface area contributed by atoms with Crippen molar-refractivity contribution in [1.29, 1.82) is 0 Å². The molecule has 13 amide bonds. The van der Waals surface area contributed by atoms with E-state index in [0.717, 1.165) is 33.7 Å². The van der Waals surface area contributed by atoms with Gasteiger partial charge in [0, 0.05) is 105 Å². The van der Waals surface area contributed by atoms with E-state index >= 15 is 4.79 Å². The average Bonchev–Trinajstić information content (AvgIpc) is 1.70. The van der Waals surface area contributed by atoms with Gasteiger partial charge >= 0.3 is 5.97 Å². The van der Waals surface area contributed by atoms with Gasteiger partial charge in [-0.15, -0.1) is 0 Å². The van der Waals surface area contributed by atoms with E-state index < -0.39 is 211 Å². The Morgan fingerprint density at radius 1 is 0.714 bits per heavy atom. The van der Waals surface area contributed by atoms with E-state index in [1.54, 1.807) is 32.0 Å². The van der Waals surface area contributed by atoms with E-state index in [9.17, 15) is 76.9 Å². The van der Waals surface area contributed by atoms with Crippen LogP contribution in [-0.4, -0.2) is 207 Å². The number of fused-ring (bicyclic) bond motifs is 1. The van der Waals surface area contributed by atoms with Crippen molar-refractivity contribution in [1.82, 2.24) is 63.1 Å². The topological polar surface area (TPSA) is 561 Å². The van der Waals surface area contributed by atoms with Gasteiger partial charge in [-0.25, -0.2) is 4.39 Å². The number of aliphatic carboxylic acids is 1. The molecule has 10 atom stereocenters. The zero-order valence-electron chi connectivity index (χ0n) is 57.7. The van der Waals surface area contributed by atoms with Crippen molar-refractivity contribution in [3.63, 3.8) is 0 Å². The molecule has 105 heavy (non-hydrogen) atoms. The number of aromatic amines is 1. The molecule has 2 aliphatic heterocycles. The molecule has 34 nitrogen and oxygen atoms in total. The number of nitrogens with zero attached hydrogens (tertiary/aromatic N) is 2. The number of primary amides is 2. The molecule has 2 saturated heterocycles. The Kier molecular flexibility index (Phi) is 32.9. The third kappa shape index (κ3) is 26.7. The summed E-state index contributed by atoms with van der Waals surface area (Å²) in [6, 6.07) is 0.111. The number of carbonyl (C=O) groups excluding carboxylic acids is 13. The molecule has 0 unspecified atom stereocenters. The molecule has 0 aliphatic carbocycles. The Balaban J connectivity index is 1.42. The number of H-pyrrole nitrogens is 1. The van der Waals surface area contributed by atoms with Crippen molar-refractivity contribution in [3.8, 4) is 5.75 Å². The van der Waals surface area contributed by atoms with Crippen molar-refractivity contribution in [3.05, 3.63) is 100 Å². The van der Waals surface area contributed by atoms with E-state index in [1.165, 1.54) is 47.5 Å². The molecule has 3 heterocycles. The highest BCUT2D eigenvalue weighted by atomic mass is 35.5. The Morgan fingerprint density at radius 3 is 1.98 bits per heavy atom. The zero-order chi connectivity index (χ0) is 77.0. The third-order valence-electron chi connectivity index (χ3n) is 17.0. The Hall–Kier alpha value is -10.3. The quantitative estimate of drug-likeness (QED) is 0.0151. The van der Waals surface area contributed by atoms with Crippen LogP contribution >= 0.6 is 33.2 Å². The van der Waals surface area contributed by atoms with Gasteiger partial charge in [-0.1, -0.05) is 77.4 Å². The number of carboxylic acid groups (broad SMARTS) is 1. The molecule has 4 aromatic rings. The normalized spacial score (nSPS) is 22.1. The molecule has 0 spiro atoms. The lowest BCUT2D eigenvalue weighted by atomic mass is 10.00. The predicted octanol–water partition coefficient (Wildman–Crippen LogP) is -2.38. The van der Waals surface area contributed by atoms with Gasteiger partial charge < -0.3 is 102 Å². The summed E-state index contributed by atoms with van der Waals surface area (Å²) < 4.78 is 14.8. The fourth-order valence-electron chi connectivity index (χ4n) is 11.4. The number of halogens is 2. The number of carboxylic acids is 1. The summed E-state index contributed by atoms with van der Waals surface area (Å²) in [5.74, 6) is -16.4. The molecular formula is C67H90ClFN18O16S2. The lowest BCUT2D eigenvalue weighted by Crippen LogP contribution is -2.61. The van der Waals surface area contributed by atoms with E-state index in [-0.39, 0.29) is 85.8 Å².